The van der Waals surface area contributed by atoms with Crippen LogP contribution in [0.3, 0.4) is 0 Å². The van der Waals surface area contributed by atoms with Crippen LogP contribution in [0.25, 0.3) is 21.1 Å². The predicted octanol–water partition coefficient (Wildman–Crippen LogP) is 4.26. The molecule has 2 aliphatic rings. The third-order valence-electron chi connectivity index (χ3n) is 4.30. The van der Waals surface area contributed by atoms with Gasteiger partial charge in [-0.1, -0.05) is 52.0 Å². The van der Waals surface area contributed by atoms with E-state index in [-0.39, 0.29) is 0 Å². The van der Waals surface area contributed by atoms with Gasteiger partial charge in [-0.2, -0.15) is 0 Å². The maximum Gasteiger partial charge on any atom is 0.0779 e. The molecule has 0 spiro atoms. The lowest BCUT2D eigenvalue weighted by Crippen LogP contribution is -2.21. The van der Waals surface area contributed by atoms with Crippen LogP contribution in [0.1, 0.15) is 0 Å². The Morgan fingerprint density at radius 3 is 2.88 bits per heavy atom. The fourth-order valence-electron chi connectivity index (χ4n) is 2.99. The highest BCUT2D eigenvalue weighted by atomic mass is 79.9. The minimum Gasteiger partial charge on any atom is -0.375 e. The predicted molar refractivity (Wildman–Crippen MR) is 119 cm³/mol. The average Bonchev–Trinajstić information content (AvgIpc) is 2.86. The number of likely N-dealkylation sites (N-methyl/N-ethyl adjacent to an activating group) is 1. The van der Waals surface area contributed by atoms with E-state index in [1.54, 1.807) is 0 Å². The zero-order valence-corrected chi connectivity index (χ0v) is 18.0. The molecule has 0 fully saturated rings. The van der Waals surface area contributed by atoms with Crippen LogP contribution in [-0.2, 0) is 4.74 Å². The number of halogens is 1. The van der Waals surface area contributed by atoms with Crippen LogP contribution in [0.15, 0.2) is 57.5 Å². The Balaban J connectivity index is 1.72. The molecule has 26 heavy (non-hydrogen) atoms. The molecule has 0 amide bonds. The smallest absolute Gasteiger partial charge is 0.0779 e. The van der Waals surface area contributed by atoms with Crippen molar-refractivity contribution < 1.29 is 4.74 Å². The Hall–Kier alpha value is -1.11. The number of rotatable bonds is 5. The Kier molecular flexibility index (Phi) is 5.53. The number of hydrogen-bond acceptors (Lipinski definition) is 4. The summed E-state index contributed by atoms with van der Waals surface area (Å²) in [4.78, 5) is 4.75. The molecule has 0 atom stereocenters. The van der Waals surface area contributed by atoms with Crippen molar-refractivity contribution in [1.82, 2.24) is 4.90 Å². The van der Waals surface area contributed by atoms with Gasteiger partial charge in [-0.25, -0.2) is 0 Å². The van der Waals surface area contributed by atoms with Gasteiger partial charge in [0.2, 0.25) is 0 Å². The highest BCUT2D eigenvalue weighted by Crippen LogP contribution is 2.37. The van der Waals surface area contributed by atoms with E-state index in [1.165, 1.54) is 35.2 Å². The largest absolute Gasteiger partial charge is 0.375 e. The second-order valence-corrected chi connectivity index (χ2v) is 9.69. The van der Waals surface area contributed by atoms with Crippen molar-refractivity contribution in [3.05, 3.63) is 67.2 Å². The van der Waals surface area contributed by atoms with Gasteiger partial charge < -0.3 is 9.64 Å². The molecule has 0 saturated carbocycles. The van der Waals surface area contributed by atoms with Gasteiger partial charge in [-0.05, 0) is 44.0 Å². The van der Waals surface area contributed by atoms with E-state index in [4.69, 9.17) is 4.74 Å². The molecule has 2 nitrogen and oxygen atoms in total. The van der Waals surface area contributed by atoms with E-state index in [9.17, 15) is 0 Å². The number of nitrogens with zero attached hydrogens (tertiary/aromatic N) is 1. The normalized spacial score (nSPS) is 16.1. The summed E-state index contributed by atoms with van der Waals surface area (Å²) in [5.41, 5.74) is 1.28. The summed E-state index contributed by atoms with van der Waals surface area (Å²) in [6.45, 7) is 2.37. The monoisotopic (exact) mass is 445 g/mol. The van der Waals surface area contributed by atoms with Gasteiger partial charge in [-0.3, -0.25) is 0 Å². The van der Waals surface area contributed by atoms with E-state index in [0.717, 1.165) is 17.6 Å². The van der Waals surface area contributed by atoms with E-state index < -0.39 is 0 Å². The van der Waals surface area contributed by atoms with Crippen LogP contribution in [0, 0.1) is 0 Å². The van der Waals surface area contributed by atoms with E-state index >= 15 is 0 Å². The van der Waals surface area contributed by atoms with E-state index in [0.29, 0.717) is 6.61 Å². The first-order valence-corrected chi connectivity index (χ1v) is 11.0. The number of ether oxygens (including phenoxy) is 1. The SMILES string of the molecule is CN(C)CCOCC1=CC=C2C=CC=c3sc4cc(Br)ccc4c3=C2S1. The average molecular weight is 446 g/mol. The highest BCUT2D eigenvalue weighted by Gasteiger charge is 2.17. The van der Waals surface area contributed by atoms with Crippen LogP contribution >= 0.6 is 39.0 Å². The molecular formula is C21H20BrNOS2. The third-order valence-corrected chi connectivity index (χ3v) is 7.07. The minimum absolute atomic E-state index is 0.669. The molecule has 4 rings (SSSR count). The minimum atomic E-state index is 0.669. The standard InChI is InChI=1S/C21H20BrNOS2/c1-23(2)10-11-24-13-16-8-6-14-4-3-5-18-20(21(14)25-16)17-9-7-15(22)12-19(17)26-18/h3-9,12H,10-11,13H2,1-2H3. The zero-order valence-electron chi connectivity index (χ0n) is 14.8. The fourth-order valence-corrected chi connectivity index (χ4v) is 5.84. The Morgan fingerprint density at radius 2 is 2.04 bits per heavy atom. The lowest BCUT2D eigenvalue weighted by Gasteiger charge is -2.16. The molecule has 134 valence electrons. The summed E-state index contributed by atoms with van der Waals surface area (Å²) >= 11 is 7.30. The number of allylic oxidation sites excluding steroid dienone is 4. The molecule has 5 heteroatoms. The first-order chi connectivity index (χ1) is 12.6. The van der Waals surface area contributed by atoms with Crippen LogP contribution in [-0.4, -0.2) is 38.8 Å². The maximum atomic E-state index is 5.86. The molecule has 0 bridgehead atoms. The summed E-state index contributed by atoms with van der Waals surface area (Å²) in [6, 6.07) is 6.57. The third kappa shape index (κ3) is 3.78. The molecule has 0 radical (unpaired) electrons. The van der Waals surface area contributed by atoms with Crippen molar-refractivity contribution >= 4 is 60.1 Å². The van der Waals surface area contributed by atoms with Gasteiger partial charge in [0, 0.05) is 40.7 Å². The molecule has 1 aromatic heterocycles. The van der Waals surface area contributed by atoms with Crippen molar-refractivity contribution in [2.24, 2.45) is 0 Å². The van der Waals surface area contributed by atoms with Gasteiger partial charge in [0.15, 0.2) is 0 Å². The van der Waals surface area contributed by atoms with Crippen molar-refractivity contribution in [2.45, 2.75) is 0 Å². The van der Waals surface area contributed by atoms with Crippen molar-refractivity contribution in [3.63, 3.8) is 0 Å². The van der Waals surface area contributed by atoms with E-state index in [2.05, 4.69) is 83.5 Å². The fraction of sp³-hybridized carbons (Fsp3) is 0.238. The molecule has 0 N–H and O–H groups in total. The molecule has 2 heterocycles. The summed E-state index contributed by atoms with van der Waals surface area (Å²) in [6.07, 6.45) is 11.0. The van der Waals surface area contributed by atoms with Crippen LogP contribution in [0.5, 0.6) is 0 Å². The first kappa shape index (κ1) is 18.3. The molecule has 0 unspecified atom stereocenters. The number of fused-ring (bicyclic) bond motifs is 4. The Bertz CT molecular complexity index is 1060. The van der Waals surface area contributed by atoms with Gasteiger partial charge >= 0.3 is 0 Å². The van der Waals surface area contributed by atoms with Crippen LogP contribution in [0.2, 0.25) is 0 Å². The van der Waals surface area contributed by atoms with Gasteiger partial charge in [-0.15, -0.1) is 11.3 Å². The summed E-state index contributed by atoms with van der Waals surface area (Å²) in [7, 11) is 4.14. The topological polar surface area (TPSA) is 12.5 Å². The lowest BCUT2D eigenvalue weighted by molar-refractivity contribution is 0.140. The second-order valence-electron chi connectivity index (χ2n) is 6.55. The lowest BCUT2D eigenvalue weighted by atomic mass is 10.1. The Morgan fingerprint density at radius 1 is 1.15 bits per heavy atom. The molecule has 0 saturated heterocycles. The molecule has 1 aliphatic carbocycles. The van der Waals surface area contributed by atoms with E-state index in [1.807, 2.05) is 23.1 Å². The molecule has 1 aliphatic heterocycles. The number of thioether (sulfide) groups is 1. The summed E-state index contributed by atoms with van der Waals surface area (Å²) in [5.74, 6) is 0. The highest BCUT2D eigenvalue weighted by molar-refractivity contribution is 9.10. The van der Waals surface area contributed by atoms with Crippen LogP contribution < -0.4 is 9.75 Å². The van der Waals surface area contributed by atoms with Crippen molar-refractivity contribution in [2.75, 3.05) is 33.9 Å². The molecule has 1 aromatic carbocycles. The Labute approximate surface area is 170 Å². The molecular weight excluding hydrogens is 426 g/mol. The number of hydrogen-bond donors (Lipinski definition) is 0. The number of thiophene rings is 1. The maximum absolute atomic E-state index is 5.86. The van der Waals surface area contributed by atoms with Gasteiger partial charge in [0.1, 0.15) is 0 Å². The zero-order chi connectivity index (χ0) is 18.1. The van der Waals surface area contributed by atoms with Crippen molar-refractivity contribution in [1.29, 1.82) is 0 Å². The van der Waals surface area contributed by atoms with Crippen LogP contribution in [0.4, 0.5) is 0 Å². The summed E-state index contributed by atoms with van der Waals surface area (Å²) in [5, 5.41) is 2.69. The first-order valence-electron chi connectivity index (χ1n) is 8.54. The number of benzene rings is 1. The van der Waals surface area contributed by atoms with Gasteiger partial charge in [0.25, 0.3) is 0 Å². The molecule has 2 aromatic rings. The van der Waals surface area contributed by atoms with Gasteiger partial charge in [0.05, 0.1) is 13.2 Å². The quantitative estimate of drug-likeness (QED) is 0.637. The second kappa shape index (κ2) is 7.87. The summed E-state index contributed by atoms with van der Waals surface area (Å²) < 4.78 is 9.64. The van der Waals surface area contributed by atoms with Crippen molar-refractivity contribution in [3.8, 4) is 0 Å².